The quantitative estimate of drug-likeness (QED) is 0.538. The van der Waals surface area contributed by atoms with E-state index in [-0.39, 0.29) is 0 Å². The van der Waals surface area contributed by atoms with Gasteiger partial charge in [0.15, 0.2) is 0 Å². The number of carbonyl (C=O) groups excluding carboxylic acids is 1. The summed E-state index contributed by atoms with van der Waals surface area (Å²) < 4.78 is 6.26. The van der Waals surface area contributed by atoms with Crippen LogP contribution in [0.15, 0.2) is 6.20 Å². The van der Waals surface area contributed by atoms with Crippen LogP contribution in [0, 0.1) is 18.8 Å². The monoisotopic (exact) mass is 206 g/mol. The van der Waals surface area contributed by atoms with E-state index in [9.17, 15) is 4.79 Å². The van der Waals surface area contributed by atoms with Gasteiger partial charge in [-0.25, -0.2) is 4.79 Å². The van der Waals surface area contributed by atoms with Crippen LogP contribution >= 0.6 is 0 Å². The topological polar surface area (TPSA) is 44.1 Å². The molecule has 0 aliphatic heterocycles. The van der Waals surface area contributed by atoms with Crippen molar-refractivity contribution in [2.45, 2.75) is 26.8 Å². The number of aromatic nitrogens is 2. The maximum Gasteiger partial charge on any atom is 0.384 e. The lowest BCUT2D eigenvalue weighted by Gasteiger charge is -1.93. The minimum atomic E-state index is -0.530. The Hall–Kier alpha value is -1.76. The zero-order valence-corrected chi connectivity index (χ0v) is 9.20. The lowest BCUT2D eigenvalue weighted by atomic mass is 10.3. The summed E-state index contributed by atoms with van der Waals surface area (Å²) in [7, 11) is 1.31. The fraction of sp³-hybridized carbons (Fsp3) is 0.455. The van der Waals surface area contributed by atoms with E-state index in [1.807, 2.05) is 17.8 Å². The molecule has 4 heteroatoms. The van der Waals surface area contributed by atoms with Crippen LogP contribution in [-0.4, -0.2) is 22.9 Å². The van der Waals surface area contributed by atoms with Gasteiger partial charge in [0.05, 0.1) is 18.4 Å². The van der Waals surface area contributed by atoms with Gasteiger partial charge in [0.25, 0.3) is 0 Å². The number of hydrogen-bond acceptors (Lipinski definition) is 3. The molecule has 0 N–H and O–H groups in total. The van der Waals surface area contributed by atoms with Crippen molar-refractivity contribution in [3.63, 3.8) is 0 Å². The summed E-state index contributed by atoms with van der Waals surface area (Å²) in [4.78, 5) is 10.8. The second-order valence-corrected chi connectivity index (χ2v) is 3.13. The Kier molecular flexibility index (Phi) is 3.92. The number of rotatable bonds is 2. The molecule has 0 aliphatic carbocycles. The normalized spacial score (nSPS) is 9.27. The second kappa shape index (κ2) is 5.20. The molecule has 0 fully saturated rings. The lowest BCUT2D eigenvalue weighted by molar-refractivity contribution is -0.133. The summed E-state index contributed by atoms with van der Waals surface area (Å²) >= 11 is 0. The van der Waals surface area contributed by atoms with E-state index in [0.29, 0.717) is 0 Å². The van der Waals surface area contributed by atoms with Crippen LogP contribution in [0.25, 0.3) is 0 Å². The average molecular weight is 206 g/mol. The van der Waals surface area contributed by atoms with E-state index in [4.69, 9.17) is 0 Å². The summed E-state index contributed by atoms with van der Waals surface area (Å²) in [5.41, 5.74) is 1.61. The predicted molar refractivity (Wildman–Crippen MR) is 56.1 cm³/mol. The van der Waals surface area contributed by atoms with Crippen molar-refractivity contribution in [1.29, 1.82) is 0 Å². The third-order valence-electron chi connectivity index (χ3n) is 1.88. The number of hydrogen-bond donors (Lipinski definition) is 0. The molecule has 0 aromatic carbocycles. The van der Waals surface area contributed by atoms with Gasteiger partial charge in [0, 0.05) is 18.7 Å². The molecule has 80 valence electrons. The molecule has 0 unspecified atom stereocenters. The third kappa shape index (κ3) is 3.13. The first-order chi connectivity index (χ1) is 7.17. The van der Waals surface area contributed by atoms with Crippen LogP contribution in [0.2, 0.25) is 0 Å². The van der Waals surface area contributed by atoms with E-state index in [1.54, 1.807) is 0 Å². The fourth-order valence-corrected chi connectivity index (χ4v) is 1.15. The third-order valence-corrected chi connectivity index (χ3v) is 1.88. The lowest BCUT2D eigenvalue weighted by Crippen LogP contribution is -1.96. The first-order valence-electron chi connectivity index (χ1n) is 4.81. The summed E-state index contributed by atoms with van der Waals surface area (Å²) in [5, 5.41) is 4.27. The highest BCUT2D eigenvalue weighted by molar-refractivity contribution is 5.89. The summed E-state index contributed by atoms with van der Waals surface area (Å²) in [6, 6.07) is 0. The predicted octanol–water partition coefficient (Wildman–Crippen LogP) is 1.13. The van der Waals surface area contributed by atoms with Crippen LogP contribution in [0.4, 0.5) is 0 Å². The van der Waals surface area contributed by atoms with Gasteiger partial charge in [-0.2, -0.15) is 5.10 Å². The maximum absolute atomic E-state index is 10.8. The minimum absolute atomic E-state index is 0.530. The van der Waals surface area contributed by atoms with Gasteiger partial charge in [-0.15, -0.1) is 0 Å². The molecule has 0 saturated heterocycles. The number of ether oxygens (including phenoxy) is 1. The number of nitrogens with zero attached hydrogens (tertiary/aromatic N) is 2. The van der Waals surface area contributed by atoms with Crippen molar-refractivity contribution in [2.24, 2.45) is 0 Å². The Morgan fingerprint density at radius 2 is 2.40 bits per heavy atom. The van der Waals surface area contributed by atoms with Crippen molar-refractivity contribution in [3.05, 3.63) is 17.5 Å². The van der Waals surface area contributed by atoms with Crippen molar-refractivity contribution in [2.75, 3.05) is 7.11 Å². The van der Waals surface area contributed by atoms with Gasteiger partial charge in [-0.05, 0) is 13.3 Å². The van der Waals surface area contributed by atoms with Gasteiger partial charge in [-0.1, -0.05) is 12.8 Å². The Balaban J connectivity index is 2.84. The van der Waals surface area contributed by atoms with Crippen molar-refractivity contribution < 1.29 is 9.53 Å². The summed E-state index contributed by atoms with van der Waals surface area (Å²) in [5.74, 6) is 4.58. The van der Waals surface area contributed by atoms with Crippen LogP contribution in [0.1, 0.15) is 24.6 Å². The number of carbonyl (C=O) groups is 1. The molecule has 1 aromatic heterocycles. The molecule has 0 atom stereocenters. The fourth-order valence-electron chi connectivity index (χ4n) is 1.15. The Morgan fingerprint density at radius 3 is 3.00 bits per heavy atom. The molecule has 0 spiro atoms. The summed E-state index contributed by atoms with van der Waals surface area (Å²) in [6.07, 6.45) is 2.86. The van der Waals surface area contributed by atoms with Gasteiger partial charge >= 0.3 is 5.97 Å². The van der Waals surface area contributed by atoms with Crippen molar-refractivity contribution >= 4 is 5.97 Å². The van der Waals surface area contributed by atoms with Gasteiger partial charge in [-0.3, -0.25) is 4.68 Å². The molecule has 0 saturated carbocycles. The second-order valence-electron chi connectivity index (χ2n) is 3.13. The summed E-state index contributed by atoms with van der Waals surface area (Å²) in [6.45, 7) is 4.81. The standard InChI is InChI=1S/C11H14N2O2/c1-4-7-13-8-10(9(2)12-13)5-6-11(14)15-3/h8H,4,7H2,1-3H3. The first kappa shape index (κ1) is 11.3. The minimum Gasteiger partial charge on any atom is -0.459 e. The molecule has 0 radical (unpaired) electrons. The Bertz CT molecular complexity index is 410. The number of esters is 1. The van der Waals surface area contributed by atoms with Crippen LogP contribution < -0.4 is 0 Å². The van der Waals surface area contributed by atoms with E-state index in [0.717, 1.165) is 24.2 Å². The maximum atomic E-state index is 10.8. The van der Waals surface area contributed by atoms with E-state index >= 15 is 0 Å². The number of aryl methyl sites for hydroxylation is 2. The molecular weight excluding hydrogens is 192 g/mol. The van der Waals surface area contributed by atoms with Gasteiger partial charge in [0.2, 0.25) is 0 Å². The zero-order chi connectivity index (χ0) is 11.3. The largest absolute Gasteiger partial charge is 0.459 e. The van der Waals surface area contributed by atoms with Crippen molar-refractivity contribution in [1.82, 2.24) is 9.78 Å². The van der Waals surface area contributed by atoms with Crippen molar-refractivity contribution in [3.8, 4) is 11.8 Å². The molecule has 4 nitrogen and oxygen atoms in total. The molecule has 15 heavy (non-hydrogen) atoms. The number of methoxy groups -OCH3 is 1. The molecule has 0 amide bonds. The highest BCUT2D eigenvalue weighted by Crippen LogP contribution is 2.03. The highest BCUT2D eigenvalue weighted by atomic mass is 16.5. The van der Waals surface area contributed by atoms with Crippen LogP contribution in [0.3, 0.4) is 0 Å². The van der Waals surface area contributed by atoms with E-state index < -0.39 is 5.97 Å². The van der Waals surface area contributed by atoms with Crippen LogP contribution in [-0.2, 0) is 16.1 Å². The zero-order valence-electron chi connectivity index (χ0n) is 9.20. The Labute approximate surface area is 89.2 Å². The van der Waals surface area contributed by atoms with Crippen LogP contribution in [0.5, 0.6) is 0 Å². The molecule has 0 bridgehead atoms. The molecule has 1 rings (SSSR count). The molecule has 1 aromatic rings. The van der Waals surface area contributed by atoms with Gasteiger partial charge in [0.1, 0.15) is 0 Å². The molecule has 0 aliphatic rings. The first-order valence-corrected chi connectivity index (χ1v) is 4.81. The van der Waals surface area contributed by atoms with Gasteiger partial charge < -0.3 is 4.74 Å². The highest BCUT2D eigenvalue weighted by Gasteiger charge is 2.01. The Morgan fingerprint density at radius 1 is 1.67 bits per heavy atom. The molecule has 1 heterocycles. The van der Waals surface area contributed by atoms with E-state index in [2.05, 4.69) is 28.6 Å². The van der Waals surface area contributed by atoms with E-state index in [1.165, 1.54) is 7.11 Å². The SMILES string of the molecule is CCCn1cc(C#CC(=O)OC)c(C)n1. The average Bonchev–Trinajstić information content (AvgIpc) is 2.56. The molecular formula is C11H14N2O2. The smallest absolute Gasteiger partial charge is 0.384 e.